The van der Waals surface area contributed by atoms with Gasteiger partial charge in [-0.05, 0) is 60.7 Å². The number of phenolic OH excluding ortho intramolecular Hbond substituents is 2. The third-order valence-electron chi connectivity index (χ3n) is 4.70. The highest BCUT2D eigenvalue weighted by molar-refractivity contribution is 5.95. The molecule has 0 aromatic heterocycles. The summed E-state index contributed by atoms with van der Waals surface area (Å²) in [6.07, 6.45) is 0. The van der Waals surface area contributed by atoms with Crippen LogP contribution < -0.4 is 20.5 Å². The minimum Gasteiger partial charge on any atom is -0.507 e. The van der Waals surface area contributed by atoms with Gasteiger partial charge in [-0.25, -0.2) is 9.59 Å². The molecule has 0 unspecified atom stereocenters. The highest BCUT2D eigenvalue weighted by atomic mass is 16.5. The summed E-state index contributed by atoms with van der Waals surface area (Å²) in [6.45, 7) is 1.41. The summed E-state index contributed by atoms with van der Waals surface area (Å²) in [7, 11) is 0. The van der Waals surface area contributed by atoms with Crippen molar-refractivity contribution in [3.05, 3.63) is 108 Å². The van der Waals surface area contributed by atoms with Crippen molar-refractivity contribution in [2.45, 2.75) is 6.92 Å². The average Bonchev–Trinajstić information content (AvgIpc) is 2.86. The van der Waals surface area contributed by atoms with Gasteiger partial charge in [-0.15, -0.1) is 0 Å². The molecule has 1 amide bonds. The average molecular weight is 501 g/mol. The van der Waals surface area contributed by atoms with Gasteiger partial charge in [0.1, 0.15) is 34.1 Å². The van der Waals surface area contributed by atoms with E-state index in [-0.39, 0.29) is 28.5 Å². The Morgan fingerprint density at radius 1 is 0.676 bits per heavy atom. The predicted molar refractivity (Wildman–Crippen MR) is 138 cm³/mol. The maximum absolute atomic E-state index is 11.8. The Hall–Kier alpha value is -5.31. The number of carbonyl (C=O) groups is 3. The number of benzene rings is 4. The first-order valence-electron chi connectivity index (χ1n) is 11.0. The highest BCUT2D eigenvalue weighted by Crippen LogP contribution is 2.22. The molecule has 0 bridgehead atoms. The molecular weight excluding hydrogens is 476 g/mol. The molecule has 0 atom stereocenters. The van der Waals surface area contributed by atoms with E-state index < -0.39 is 11.9 Å². The van der Waals surface area contributed by atoms with Crippen LogP contribution in [0.5, 0.6) is 23.0 Å². The number of nitrogens with two attached hydrogens (primary N) is 1. The number of carbonyl (C=O) groups excluding carboxylic acids is 3. The fraction of sp³-hybridized carbons (Fsp3) is 0.0357. The van der Waals surface area contributed by atoms with E-state index in [1.54, 1.807) is 60.7 Å². The number of rotatable bonds is 5. The Kier molecular flexibility index (Phi) is 8.82. The first-order chi connectivity index (χ1) is 17.7. The minimum atomic E-state index is -0.643. The molecule has 4 aromatic rings. The Morgan fingerprint density at radius 2 is 1.22 bits per heavy atom. The Morgan fingerprint density at radius 3 is 1.78 bits per heavy atom. The topological polar surface area (TPSA) is 148 Å². The molecule has 0 saturated carbocycles. The van der Waals surface area contributed by atoms with Gasteiger partial charge in [0.2, 0.25) is 5.91 Å². The number of aromatic hydroxyl groups is 2. The van der Waals surface area contributed by atoms with Crippen LogP contribution in [0.2, 0.25) is 0 Å². The number of esters is 2. The van der Waals surface area contributed by atoms with Crippen LogP contribution in [-0.2, 0) is 4.79 Å². The van der Waals surface area contributed by atoms with Crippen LogP contribution in [0.3, 0.4) is 0 Å². The second kappa shape index (κ2) is 12.4. The first-order valence-corrected chi connectivity index (χ1v) is 11.0. The van der Waals surface area contributed by atoms with E-state index in [2.05, 4.69) is 5.32 Å². The van der Waals surface area contributed by atoms with E-state index in [9.17, 15) is 24.6 Å². The molecule has 0 heterocycles. The van der Waals surface area contributed by atoms with Crippen molar-refractivity contribution in [2.24, 2.45) is 0 Å². The van der Waals surface area contributed by atoms with Crippen LogP contribution in [0.25, 0.3) is 0 Å². The molecule has 5 N–H and O–H groups in total. The number of nitrogens with one attached hydrogen (secondary N) is 1. The smallest absolute Gasteiger partial charge is 0.347 e. The lowest BCUT2D eigenvalue weighted by molar-refractivity contribution is -0.114. The standard InChI is InChI=1S/C15H13NO4.C13H11NO3/c1-10(17)16-11-6-8-12(9-7-11)20-15(19)13-4-2-3-5-14(13)18;14-9-6-7-11(12(15)8-9)13(16)17-10-4-2-1-3-5-10/h2-9,18H,1H3,(H,16,17);1-8,15H,14H2. The van der Waals surface area contributed by atoms with Crippen LogP contribution >= 0.6 is 0 Å². The van der Waals surface area contributed by atoms with Gasteiger partial charge >= 0.3 is 11.9 Å². The zero-order valence-corrected chi connectivity index (χ0v) is 19.8. The second-order valence-corrected chi connectivity index (χ2v) is 7.59. The first kappa shape index (κ1) is 26.3. The summed E-state index contributed by atoms with van der Waals surface area (Å²) in [5.74, 6) is -1.01. The number of hydrogen-bond acceptors (Lipinski definition) is 8. The lowest BCUT2D eigenvalue weighted by Gasteiger charge is -2.07. The number of anilines is 2. The molecule has 37 heavy (non-hydrogen) atoms. The van der Waals surface area contributed by atoms with E-state index >= 15 is 0 Å². The highest BCUT2D eigenvalue weighted by Gasteiger charge is 2.14. The van der Waals surface area contributed by atoms with Crippen LogP contribution in [0.4, 0.5) is 11.4 Å². The van der Waals surface area contributed by atoms with E-state index in [0.29, 0.717) is 22.9 Å². The SMILES string of the molecule is CC(=O)Nc1ccc(OC(=O)c2ccccc2O)cc1.Nc1ccc(C(=O)Oc2ccccc2)c(O)c1. The molecule has 0 saturated heterocycles. The molecule has 0 aliphatic carbocycles. The number of nitrogen functional groups attached to an aromatic ring is 1. The van der Waals surface area contributed by atoms with Gasteiger partial charge in [-0.1, -0.05) is 30.3 Å². The molecule has 4 rings (SSSR count). The number of phenols is 2. The summed E-state index contributed by atoms with van der Waals surface area (Å²) in [6, 6.07) is 25.4. The van der Waals surface area contributed by atoms with Crippen molar-refractivity contribution in [1.82, 2.24) is 0 Å². The lowest BCUT2D eigenvalue weighted by Crippen LogP contribution is -2.09. The molecule has 9 nitrogen and oxygen atoms in total. The molecule has 9 heteroatoms. The van der Waals surface area contributed by atoms with Crippen LogP contribution in [0.15, 0.2) is 97.1 Å². The number of para-hydroxylation sites is 2. The van der Waals surface area contributed by atoms with Gasteiger partial charge in [0.25, 0.3) is 0 Å². The van der Waals surface area contributed by atoms with Gasteiger partial charge in [0, 0.05) is 24.4 Å². The van der Waals surface area contributed by atoms with E-state index in [1.165, 1.54) is 37.3 Å². The van der Waals surface area contributed by atoms with Gasteiger partial charge in [0.05, 0.1) is 0 Å². The molecule has 0 radical (unpaired) electrons. The van der Waals surface area contributed by atoms with Crippen molar-refractivity contribution in [1.29, 1.82) is 0 Å². The number of ether oxygens (including phenoxy) is 2. The summed E-state index contributed by atoms with van der Waals surface area (Å²) >= 11 is 0. The van der Waals surface area contributed by atoms with Crippen LogP contribution in [0, 0.1) is 0 Å². The largest absolute Gasteiger partial charge is 0.507 e. The molecule has 0 aliphatic heterocycles. The zero-order valence-electron chi connectivity index (χ0n) is 19.8. The minimum absolute atomic E-state index is 0.0862. The molecular formula is C28H24N2O7. The molecule has 0 fully saturated rings. The van der Waals surface area contributed by atoms with Crippen molar-refractivity contribution in [3.8, 4) is 23.0 Å². The lowest BCUT2D eigenvalue weighted by atomic mass is 10.2. The van der Waals surface area contributed by atoms with Gasteiger partial charge < -0.3 is 30.7 Å². The summed E-state index contributed by atoms with van der Waals surface area (Å²) in [5, 5.41) is 21.7. The number of amides is 1. The third-order valence-corrected chi connectivity index (χ3v) is 4.70. The van der Waals surface area contributed by atoms with Gasteiger partial charge in [0.15, 0.2) is 0 Å². The molecule has 188 valence electrons. The molecule has 4 aromatic carbocycles. The maximum Gasteiger partial charge on any atom is 0.347 e. The van der Waals surface area contributed by atoms with E-state index in [1.807, 2.05) is 6.07 Å². The molecule has 0 spiro atoms. The van der Waals surface area contributed by atoms with Crippen molar-refractivity contribution < 1.29 is 34.1 Å². The monoisotopic (exact) mass is 500 g/mol. The van der Waals surface area contributed by atoms with E-state index in [0.717, 1.165) is 0 Å². The predicted octanol–water partition coefficient (Wildman–Crippen LogP) is 4.76. The Balaban J connectivity index is 0.000000208. The summed E-state index contributed by atoms with van der Waals surface area (Å²) in [4.78, 5) is 34.4. The van der Waals surface area contributed by atoms with E-state index in [4.69, 9.17) is 15.2 Å². The normalized spacial score (nSPS) is 9.86. The van der Waals surface area contributed by atoms with Crippen molar-refractivity contribution in [3.63, 3.8) is 0 Å². The Labute approximate surface area is 212 Å². The molecule has 0 aliphatic rings. The third kappa shape index (κ3) is 7.86. The second-order valence-electron chi connectivity index (χ2n) is 7.59. The van der Waals surface area contributed by atoms with Crippen molar-refractivity contribution in [2.75, 3.05) is 11.1 Å². The van der Waals surface area contributed by atoms with Crippen molar-refractivity contribution >= 4 is 29.2 Å². The van der Waals surface area contributed by atoms with Crippen LogP contribution in [-0.4, -0.2) is 28.1 Å². The summed E-state index contributed by atoms with van der Waals surface area (Å²) in [5.41, 5.74) is 6.65. The van der Waals surface area contributed by atoms with Gasteiger partial charge in [-0.2, -0.15) is 0 Å². The summed E-state index contributed by atoms with van der Waals surface area (Å²) < 4.78 is 10.2. The quantitative estimate of drug-likeness (QED) is 0.174. The fourth-order valence-electron chi connectivity index (χ4n) is 2.99. The fourth-order valence-corrected chi connectivity index (χ4v) is 2.99. The number of hydrogen-bond donors (Lipinski definition) is 4. The van der Waals surface area contributed by atoms with Gasteiger partial charge in [-0.3, -0.25) is 4.79 Å². The maximum atomic E-state index is 11.8. The zero-order chi connectivity index (χ0) is 26.8. The van der Waals surface area contributed by atoms with Crippen LogP contribution in [0.1, 0.15) is 27.6 Å². The Bertz CT molecular complexity index is 1390.